The third-order valence-electron chi connectivity index (χ3n) is 4.33. The number of nitrogens with zero attached hydrogens (tertiary/aromatic N) is 1. The molecule has 0 amide bonds. The molecule has 106 valence electrons. The molecule has 1 aromatic rings. The summed E-state index contributed by atoms with van der Waals surface area (Å²) in [5.74, 6) is 0.912. The molecule has 2 rings (SSSR count). The van der Waals surface area contributed by atoms with Gasteiger partial charge in [0.15, 0.2) is 0 Å². The first-order chi connectivity index (χ1) is 8.99. The monoisotopic (exact) mass is 260 g/mol. The van der Waals surface area contributed by atoms with Crippen LogP contribution in [0.1, 0.15) is 50.8 Å². The number of hydrogen-bond acceptors (Lipinski definition) is 2. The summed E-state index contributed by atoms with van der Waals surface area (Å²) in [4.78, 5) is 2.57. The van der Waals surface area contributed by atoms with Crippen LogP contribution in [0.15, 0.2) is 24.3 Å². The first-order valence-corrected chi connectivity index (χ1v) is 7.57. The average molecular weight is 260 g/mol. The Morgan fingerprint density at radius 2 is 1.74 bits per heavy atom. The van der Waals surface area contributed by atoms with Crippen molar-refractivity contribution in [2.75, 3.05) is 6.54 Å². The van der Waals surface area contributed by atoms with Crippen LogP contribution in [0.3, 0.4) is 0 Å². The molecule has 1 aliphatic carbocycles. The molecular formula is C17H28N2. The minimum Gasteiger partial charge on any atom is -0.323 e. The molecule has 1 aliphatic rings. The third kappa shape index (κ3) is 3.80. The lowest BCUT2D eigenvalue weighted by Gasteiger charge is -2.36. The zero-order valence-corrected chi connectivity index (χ0v) is 12.8. The molecule has 1 saturated carbocycles. The quantitative estimate of drug-likeness (QED) is 0.848. The molecule has 2 unspecified atom stereocenters. The van der Waals surface area contributed by atoms with Gasteiger partial charge in [0.1, 0.15) is 0 Å². The standard InChI is InChI=1S/C17H28N2/c1-12(2)19(11-15-7-8-15)14(4)17(18)16-9-5-13(3)6-10-16/h5-6,9-10,12,14-15,17H,7-8,11,18H2,1-4H3. The summed E-state index contributed by atoms with van der Waals surface area (Å²) in [5, 5.41) is 0. The molecule has 0 bridgehead atoms. The molecule has 19 heavy (non-hydrogen) atoms. The molecule has 0 spiro atoms. The van der Waals surface area contributed by atoms with Gasteiger partial charge < -0.3 is 5.73 Å². The van der Waals surface area contributed by atoms with Crippen LogP contribution in [-0.2, 0) is 0 Å². The van der Waals surface area contributed by atoms with Gasteiger partial charge >= 0.3 is 0 Å². The zero-order chi connectivity index (χ0) is 14.0. The van der Waals surface area contributed by atoms with Crippen LogP contribution >= 0.6 is 0 Å². The summed E-state index contributed by atoms with van der Waals surface area (Å²) >= 11 is 0. The van der Waals surface area contributed by atoms with Crippen LogP contribution in [-0.4, -0.2) is 23.5 Å². The summed E-state index contributed by atoms with van der Waals surface area (Å²) in [6.07, 6.45) is 2.80. The second-order valence-corrected chi connectivity index (χ2v) is 6.41. The predicted octanol–water partition coefficient (Wildman–Crippen LogP) is 3.50. The zero-order valence-electron chi connectivity index (χ0n) is 12.8. The van der Waals surface area contributed by atoms with Crippen molar-refractivity contribution < 1.29 is 0 Å². The SMILES string of the molecule is Cc1ccc(C(N)C(C)N(CC2CC2)C(C)C)cc1. The van der Waals surface area contributed by atoms with E-state index in [2.05, 4.69) is 56.9 Å². The van der Waals surface area contributed by atoms with E-state index in [1.807, 2.05) is 0 Å². The second kappa shape index (κ2) is 6.06. The minimum atomic E-state index is 0.0988. The maximum atomic E-state index is 6.48. The van der Waals surface area contributed by atoms with Crippen LogP contribution in [0.2, 0.25) is 0 Å². The lowest BCUT2D eigenvalue weighted by molar-refractivity contribution is 0.136. The molecule has 2 nitrogen and oxygen atoms in total. The Labute approximate surface area is 118 Å². The van der Waals surface area contributed by atoms with Crippen LogP contribution in [0.5, 0.6) is 0 Å². The summed E-state index contributed by atoms with van der Waals surface area (Å²) < 4.78 is 0. The Balaban J connectivity index is 2.06. The molecule has 1 fully saturated rings. The lowest BCUT2D eigenvalue weighted by Crippen LogP contribution is -2.45. The van der Waals surface area contributed by atoms with Crippen LogP contribution in [0, 0.1) is 12.8 Å². The lowest BCUT2D eigenvalue weighted by atomic mass is 9.98. The van der Waals surface area contributed by atoms with E-state index in [1.165, 1.54) is 30.5 Å². The van der Waals surface area contributed by atoms with E-state index >= 15 is 0 Å². The minimum absolute atomic E-state index is 0.0988. The van der Waals surface area contributed by atoms with Gasteiger partial charge in [-0.05, 0) is 52.0 Å². The smallest absolute Gasteiger partial charge is 0.0450 e. The van der Waals surface area contributed by atoms with Crippen LogP contribution < -0.4 is 5.73 Å². The van der Waals surface area contributed by atoms with Crippen molar-refractivity contribution in [1.29, 1.82) is 0 Å². The fourth-order valence-corrected chi connectivity index (χ4v) is 2.72. The largest absolute Gasteiger partial charge is 0.323 e. The fourth-order valence-electron chi connectivity index (χ4n) is 2.72. The Bertz CT molecular complexity index is 392. The number of nitrogens with two attached hydrogens (primary N) is 1. The molecule has 2 atom stereocenters. The van der Waals surface area contributed by atoms with Gasteiger partial charge in [-0.15, -0.1) is 0 Å². The van der Waals surface area contributed by atoms with Crippen molar-refractivity contribution in [2.24, 2.45) is 11.7 Å². The van der Waals surface area contributed by atoms with Crippen molar-refractivity contribution in [2.45, 2.75) is 58.7 Å². The van der Waals surface area contributed by atoms with Crippen LogP contribution in [0.25, 0.3) is 0 Å². The summed E-state index contributed by atoms with van der Waals surface area (Å²) in [7, 11) is 0. The van der Waals surface area contributed by atoms with Gasteiger partial charge in [0.25, 0.3) is 0 Å². The molecule has 0 radical (unpaired) electrons. The predicted molar refractivity (Wildman–Crippen MR) is 82.1 cm³/mol. The molecular weight excluding hydrogens is 232 g/mol. The van der Waals surface area contributed by atoms with Crippen molar-refractivity contribution in [3.05, 3.63) is 35.4 Å². The van der Waals surface area contributed by atoms with Gasteiger partial charge in [0, 0.05) is 24.7 Å². The molecule has 1 aromatic carbocycles. The highest BCUT2D eigenvalue weighted by atomic mass is 15.2. The Kier molecular flexibility index (Phi) is 4.64. The second-order valence-electron chi connectivity index (χ2n) is 6.41. The molecule has 0 heterocycles. The number of rotatable bonds is 6. The number of aryl methyl sites for hydroxylation is 1. The van der Waals surface area contributed by atoms with E-state index in [4.69, 9.17) is 5.73 Å². The molecule has 2 N–H and O–H groups in total. The van der Waals surface area contributed by atoms with Gasteiger partial charge in [-0.2, -0.15) is 0 Å². The van der Waals surface area contributed by atoms with E-state index in [-0.39, 0.29) is 6.04 Å². The van der Waals surface area contributed by atoms with E-state index in [9.17, 15) is 0 Å². The van der Waals surface area contributed by atoms with E-state index < -0.39 is 0 Å². The van der Waals surface area contributed by atoms with E-state index in [1.54, 1.807) is 0 Å². The van der Waals surface area contributed by atoms with Gasteiger partial charge in [-0.3, -0.25) is 4.90 Å². The summed E-state index contributed by atoms with van der Waals surface area (Å²) in [6, 6.07) is 9.71. The fraction of sp³-hybridized carbons (Fsp3) is 0.647. The van der Waals surface area contributed by atoms with Crippen molar-refractivity contribution >= 4 is 0 Å². The number of hydrogen-bond donors (Lipinski definition) is 1. The highest BCUT2D eigenvalue weighted by Crippen LogP contribution is 2.32. The molecule has 0 saturated heterocycles. The van der Waals surface area contributed by atoms with Gasteiger partial charge in [-0.1, -0.05) is 29.8 Å². The van der Waals surface area contributed by atoms with Gasteiger partial charge in [0.2, 0.25) is 0 Å². The number of benzene rings is 1. The van der Waals surface area contributed by atoms with Crippen molar-refractivity contribution in [3.63, 3.8) is 0 Å². The first kappa shape index (κ1) is 14.5. The molecule has 0 aromatic heterocycles. The normalized spacial score (nSPS) is 18.9. The van der Waals surface area contributed by atoms with E-state index in [0.717, 1.165) is 5.92 Å². The topological polar surface area (TPSA) is 29.3 Å². The Morgan fingerprint density at radius 1 is 1.16 bits per heavy atom. The molecule has 0 aliphatic heterocycles. The highest BCUT2D eigenvalue weighted by Gasteiger charge is 2.30. The molecule has 2 heteroatoms. The first-order valence-electron chi connectivity index (χ1n) is 7.57. The maximum absolute atomic E-state index is 6.48. The van der Waals surface area contributed by atoms with Crippen molar-refractivity contribution in [3.8, 4) is 0 Å². The average Bonchev–Trinajstić information content (AvgIpc) is 3.19. The van der Waals surface area contributed by atoms with Crippen molar-refractivity contribution in [1.82, 2.24) is 4.90 Å². The van der Waals surface area contributed by atoms with E-state index in [0.29, 0.717) is 12.1 Å². The maximum Gasteiger partial charge on any atom is 0.0450 e. The van der Waals surface area contributed by atoms with Gasteiger partial charge in [-0.25, -0.2) is 0 Å². The highest BCUT2D eigenvalue weighted by molar-refractivity contribution is 5.24. The summed E-state index contributed by atoms with van der Waals surface area (Å²) in [6.45, 7) is 10.2. The summed E-state index contributed by atoms with van der Waals surface area (Å²) in [5.41, 5.74) is 9.03. The Morgan fingerprint density at radius 3 is 2.21 bits per heavy atom. The third-order valence-corrected chi connectivity index (χ3v) is 4.33. The van der Waals surface area contributed by atoms with Crippen LogP contribution in [0.4, 0.5) is 0 Å². The van der Waals surface area contributed by atoms with Gasteiger partial charge in [0.05, 0.1) is 0 Å². The Hall–Kier alpha value is -0.860.